The first-order chi connectivity index (χ1) is 8.45. The van der Waals surface area contributed by atoms with Gasteiger partial charge in [0, 0.05) is 16.0 Å². The summed E-state index contributed by atoms with van der Waals surface area (Å²) in [6.07, 6.45) is -0.787. The van der Waals surface area contributed by atoms with Crippen molar-refractivity contribution >= 4 is 37.5 Å². The third kappa shape index (κ3) is 5.27. The predicted molar refractivity (Wildman–Crippen MR) is 76.6 cm³/mol. The van der Waals surface area contributed by atoms with Crippen LogP contribution in [-0.2, 0) is 9.84 Å². The van der Waals surface area contributed by atoms with Crippen LogP contribution in [0.3, 0.4) is 0 Å². The molecule has 0 aromatic heterocycles. The standard InChI is InChI=1S/C11H15BrO4S2/c12-9-1-3-11(4-2-9)18(15,16)6-5-17-8-10(14)7-13/h1-4,10,13-14H,5-8H2. The highest BCUT2D eigenvalue weighted by molar-refractivity contribution is 9.10. The van der Waals surface area contributed by atoms with Crippen molar-refractivity contribution in [2.24, 2.45) is 0 Å². The first kappa shape index (κ1) is 16.0. The molecule has 0 radical (unpaired) electrons. The van der Waals surface area contributed by atoms with E-state index in [-0.39, 0.29) is 12.4 Å². The number of aliphatic hydroxyl groups is 2. The quantitative estimate of drug-likeness (QED) is 0.722. The molecule has 1 rings (SSSR count). The van der Waals surface area contributed by atoms with Crippen molar-refractivity contribution in [2.45, 2.75) is 11.0 Å². The van der Waals surface area contributed by atoms with Crippen LogP contribution in [0.2, 0.25) is 0 Å². The molecule has 0 saturated carbocycles. The Balaban J connectivity index is 2.48. The molecule has 0 aliphatic rings. The second-order valence-corrected chi connectivity index (χ2v) is 7.86. The minimum atomic E-state index is -3.27. The molecule has 7 heteroatoms. The van der Waals surface area contributed by atoms with Crippen molar-refractivity contribution < 1.29 is 18.6 Å². The van der Waals surface area contributed by atoms with E-state index in [0.29, 0.717) is 16.4 Å². The Kier molecular flexibility index (Phi) is 6.65. The summed E-state index contributed by atoms with van der Waals surface area (Å²) in [6.45, 7) is -0.299. The first-order valence-electron chi connectivity index (χ1n) is 5.30. The number of hydrogen-bond acceptors (Lipinski definition) is 5. The molecule has 0 saturated heterocycles. The van der Waals surface area contributed by atoms with Crippen molar-refractivity contribution in [2.75, 3.05) is 23.9 Å². The van der Waals surface area contributed by atoms with Gasteiger partial charge in [-0.25, -0.2) is 8.42 Å². The van der Waals surface area contributed by atoms with Crippen molar-refractivity contribution in [3.8, 4) is 0 Å². The SMILES string of the molecule is O=S(=O)(CCSCC(O)CO)c1ccc(Br)cc1. The number of benzene rings is 1. The smallest absolute Gasteiger partial charge is 0.179 e. The lowest BCUT2D eigenvalue weighted by Gasteiger charge is -2.07. The van der Waals surface area contributed by atoms with Gasteiger partial charge in [0.15, 0.2) is 9.84 Å². The summed E-state index contributed by atoms with van der Waals surface area (Å²) < 4.78 is 24.7. The summed E-state index contributed by atoms with van der Waals surface area (Å²) in [4.78, 5) is 0.300. The van der Waals surface area contributed by atoms with Gasteiger partial charge in [-0.3, -0.25) is 0 Å². The normalized spacial score (nSPS) is 13.5. The molecule has 0 aliphatic carbocycles. The minimum Gasteiger partial charge on any atom is -0.394 e. The highest BCUT2D eigenvalue weighted by atomic mass is 79.9. The number of hydrogen-bond donors (Lipinski definition) is 2. The molecule has 1 aromatic carbocycles. The van der Waals surface area contributed by atoms with Gasteiger partial charge in [0.05, 0.1) is 23.4 Å². The Hall–Kier alpha value is -0.0800. The van der Waals surface area contributed by atoms with Crippen LogP contribution in [0.5, 0.6) is 0 Å². The zero-order valence-electron chi connectivity index (χ0n) is 9.62. The maximum absolute atomic E-state index is 11.9. The first-order valence-corrected chi connectivity index (χ1v) is 8.90. The molecule has 1 unspecified atom stereocenters. The van der Waals surface area contributed by atoms with Crippen molar-refractivity contribution in [3.63, 3.8) is 0 Å². The molecule has 0 bridgehead atoms. The highest BCUT2D eigenvalue weighted by Gasteiger charge is 2.14. The maximum atomic E-state index is 11.9. The molecule has 0 fully saturated rings. The average molecular weight is 355 g/mol. The van der Waals surface area contributed by atoms with Gasteiger partial charge in [-0.2, -0.15) is 11.8 Å². The van der Waals surface area contributed by atoms with Gasteiger partial charge in [0.2, 0.25) is 0 Å². The Bertz CT molecular complexity index is 458. The number of rotatable bonds is 7. The highest BCUT2D eigenvalue weighted by Crippen LogP contribution is 2.17. The number of thioether (sulfide) groups is 1. The van der Waals surface area contributed by atoms with Gasteiger partial charge < -0.3 is 10.2 Å². The predicted octanol–water partition coefficient (Wildman–Crippen LogP) is 1.31. The lowest BCUT2D eigenvalue weighted by atomic mass is 10.4. The van der Waals surface area contributed by atoms with Crippen molar-refractivity contribution in [1.82, 2.24) is 0 Å². The van der Waals surface area contributed by atoms with Gasteiger partial charge >= 0.3 is 0 Å². The molecule has 0 aliphatic heterocycles. The molecule has 0 amide bonds. The van der Waals surface area contributed by atoms with E-state index >= 15 is 0 Å². The Labute approximate surface area is 119 Å². The van der Waals surface area contributed by atoms with E-state index in [0.717, 1.165) is 4.47 Å². The molecule has 1 atom stereocenters. The van der Waals surface area contributed by atoms with Crippen LogP contribution in [0.4, 0.5) is 0 Å². The Morgan fingerprint density at radius 2 is 1.89 bits per heavy atom. The fraction of sp³-hybridized carbons (Fsp3) is 0.455. The third-order valence-corrected chi connectivity index (χ3v) is 5.82. The van der Waals surface area contributed by atoms with E-state index in [1.54, 1.807) is 24.3 Å². The van der Waals surface area contributed by atoms with E-state index in [4.69, 9.17) is 10.2 Å². The van der Waals surface area contributed by atoms with Crippen LogP contribution < -0.4 is 0 Å². The van der Waals surface area contributed by atoms with Gasteiger partial charge in [-0.1, -0.05) is 15.9 Å². The fourth-order valence-corrected chi connectivity index (χ4v) is 4.14. The fourth-order valence-electron chi connectivity index (χ4n) is 1.20. The minimum absolute atomic E-state index is 0.0252. The molecule has 0 spiro atoms. The van der Waals surface area contributed by atoms with Gasteiger partial charge in [-0.05, 0) is 24.3 Å². The number of aliphatic hydroxyl groups excluding tert-OH is 2. The van der Waals surface area contributed by atoms with Crippen LogP contribution in [-0.4, -0.2) is 48.6 Å². The third-order valence-electron chi connectivity index (χ3n) is 2.19. The molecule has 0 heterocycles. The number of sulfone groups is 1. The van der Waals surface area contributed by atoms with Crippen molar-refractivity contribution in [3.05, 3.63) is 28.7 Å². The summed E-state index contributed by atoms with van der Waals surface area (Å²) in [5, 5.41) is 17.7. The molecular weight excluding hydrogens is 340 g/mol. The maximum Gasteiger partial charge on any atom is 0.179 e. The summed E-state index contributed by atoms with van der Waals surface area (Å²) in [6, 6.07) is 6.50. The Morgan fingerprint density at radius 3 is 2.44 bits per heavy atom. The van der Waals surface area contributed by atoms with E-state index in [2.05, 4.69) is 15.9 Å². The van der Waals surface area contributed by atoms with Crippen LogP contribution in [0.25, 0.3) is 0 Å². The summed E-state index contributed by atoms with van der Waals surface area (Å²) in [5.74, 6) is 0.763. The lowest BCUT2D eigenvalue weighted by molar-refractivity contribution is 0.113. The van der Waals surface area contributed by atoms with Gasteiger partial charge in [0.25, 0.3) is 0 Å². The van der Waals surface area contributed by atoms with Gasteiger partial charge in [-0.15, -0.1) is 0 Å². The summed E-state index contributed by atoms with van der Waals surface area (Å²) in [5.41, 5.74) is 0. The van der Waals surface area contributed by atoms with E-state index in [1.807, 2.05) is 0 Å². The Morgan fingerprint density at radius 1 is 1.28 bits per heavy atom. The summed E-state index contributed by atoms with van der Waals surface area (Å²) in [7, 11) is -3.27. The lowest BCUT2D eigenvalue weighted by Crippen LogP contribution is -2.16. The van der Waals surface area contributed by atoms with Crippen LogP contribution in [0, 0.1) is 0 Å². The zero-order valence-corrected chi connectivity index (χ0v) is 12.8. The number of halogens is 1. The van der Waals surface area contributed by atoms with Crippen molar-refractivity contribution in [1.29, 1.82) is 0 Å². The van der Waals surface area contributed by atoms with Crippen LogP contribution in [0.1, 0.15) is 0 Å². The second kappa shape index (κ2) is 7.49. The zero-order chi connectivity index (χ0) is 13.6. The van der Waals surface area contributed by atoms with Gasteiger partial charge in [0.1, 0.15) is 0 Å². The van der Waals surface area contributed by atoms with E-state index < -0.39 is 15.9 Å². The topological polar surface area (TPSA) is 74.6 Å². The largest absolute Gasteiger partial charge is 0.394 e. The second-order valence-electron chi connectivity index (χ2n) is 3.68. The average Bonchev–Trinajstić information content (AvgIpc) is 2.35. The van der Waals surface area contributed by atoms with E-state index in [1.165, 1.54) is 11.8 Å². The molecule has 18 heavy (non-hydrogen) atoms. The molecule has 1 aromatic rings. The van der Waals surface area contributed by atoms with Crippen LogP contribution >= 0.6 is 27.7 Å². The molecule has 102 valence electrons. The van der Waals surface area contributed by atoms with E-state index in [9.17, 15) is 8.42 Å². The monoisotopic (exact) mass is 354 g/mol. The molecular formula is C11H15BrO4S2. The molecule has 4 nitrogen and oxygen atoms in total. The van der Waals surface area contributed by atoms with Crippen LogP contribution in [0.15, 0.2) is 33.6 Å². The summed E-state index contributed by atoms with van der Waals surface area (Å²) >= 11 is 4.56. The molecule has 2 N–H and O–H groups in total.